The van der Waals surface area contributed by atoms with Gasteiger partial charge in [0, 0.05) is 46.0 Å². The normalized spacial score (nSPS) is 12.9. The zero-order valence-electron chi connectivity index (χ0n) is 17.7. The molecule has 2 aromatic heterocycles. The second kappa shape index (κ2) is 8.97. The number of alkyl halides is 3. The number of benzene rings is 2. The minimum atomic E-state index is -4.48. The first-order valence-electron chi connectivity index (χ1n) is 10.0. The number of nitrogens with zero attached hydrogens (tertiary/aromatic N) is 2. The Bertz CT molecular complexity index is 1300. The van der Waals surface area contributed by atoms with Gasteiger partial charge in [-0.25, -0.2) is 0 Å². The van der Waals surface area contributed by atoms with Gasteiger partial charge in [0.2, 0.25) is 0 Å². The lowest BCUT2D eigenvalue weighted by Crippen LogP contribution is -2.23. The van der Waals surface area contributed by atoms with Gasteiger partial charge in [-0.15, -0.1) is 0 Å². The summed E-state index contributed by atoms with van der Waals surface area (Å²) in [6, 6.07) is 15.3. The van der Waals surface area contributed by atoms with E-state index in [-0.39, 0.29) is 5.92 Å². The van der Waals surface area contributed by atoms with Gasteiger partial charge in [0.1, 0.15) is 5.69 Å². The Morgan fingerprint density at radius 1 is 1.03 bits per heavy atom. The maximum atomic E-state index is 12.9. The van der Waals surface area contributed by atoms with Crippen LogP contribution in [0.15, 0.2) is 67.0 Å². The van der Waals surface area contributed by atoms with Crippen LogP contribution in [0.1, 0.15) is 31.0 Å². The third-order valence-electron chi connectivity index (χ3n) is 5.27. The van der Waals surface area contributed by atoms with Gasteiger partial charge in [-0.3, -0.25) is 9.19 Å². The lowest BCUT2D eigenvalue weighted by molar-refractivity contribution is -0.141. The summed E-state index contributed by atoms with van der Waals surface area (Å²) < 4.78 is 61.9. The third kappa shape index (κ3) is 4.92. The Balaban J connectivity index is 1.76. The maximum absolute atomic E-state index is 12.9. The molecule has 0 spiro atoms. The van der Waals surface area contributed by atoms with Gasteiger partial charge in [-0.05, 0) is 53.4 Å². The highest BCUT2D eigenvalue weighted by Gasteiger charge is 2.32. The van der Waals surface area contributed by atoms with Gasteiger partial charge < -0.3 is 14.5 Å². The van der Waals surface area contributed by atoms with Crippen LogP contribution >= 0.6 is 0 Å². The number of hydrogen-bond donors (Lipinski definition) is 2. The van der Waals surface area contributed by atoms with Crippen molar-refractivity contribution < 1.29 is 21.9 Å². The van der Waals surface area contributed by atoms with Crippen LogP contribution in [0.25, 0.3) is 27.7 Å². The lowest BCUT2D eigenvalue weighted by Gasteiger charge is -2.12. The van der Waals surface area contributed by atoms with Gasteiger partial charge >= 0.3 is 6.18 Å². The van der Waals surface area contributed by atoms with Crippen LogP contribution in [0, 0.1) is 0 Å². The van der Waals surface area contributed by atoms with E-state index in [0.29, 0.717) is 11.3 Å². The highest BCUT2D eigenvalue weighted by Crippen LogP contribution is 2.34. The summed E-state index contributed by atoms with van der Waals surface area (Å²) in [6.45, 7) is 4.18. The van der Waals surface area contributed by atoms with Crippen LogP contribution in [-0.2, 0) is 17.4 Å². The zero-order valence-corrected chi connectivity index (χ0v) is 18.5. The average molecular weight is 474 g/mol. The van der Waals surface area contributed by atoms with Crippen molar-refractivity contribution in [2.75, 3.05) is 5.43 Å². The molecule has 0 aliphatic rings. The topological polar surface area (TPSA) is 82.0 Å². The first-order chi connectivity index (χ1) is 15.6. The largest absolute Gasteiger partial charge is 0.759 e. The van der Waals surface area contributed by atoms with Crippen LogP contribution in [0.3, 0.4) is 0 Å². The molecule has 2 N–H and O–H groups in total. The van der Waals surface area contributed by atoms with Crippen molar-refractivity contribution in [3.05, 3.63) is 78.2 Å². The number of pyridine rings is 1. The molecule has 0 aliphatic carbocycles. The minimum absolute atomic E-state index is 0.254. The highest BCUT2D eigenvalue weighted by atomic mass is 32.2. The average Bonchev–Trinajstić information content (AvgIpc) is 3.17. The summed E-state index contributed by atoms with van der Waals surface area (Å²) in [5, 5.41) is 1.04. The molecule has 2 heterocycles. The summed E-state index contributed by atoms with van der Waals surface area (Å²) in [6.07, 6.45) is -1.21. The van der Waals surface area contributed by atoms with Gasteiger partial charge in [0.05, 0.1) is 5.52 Å². The van der Waals surface area contributed by atoms with Crippen molar-refractivity contribution >= 4 is 27.9 Å². The Hall–Kier alpha value is -3.21. The van der Waals surface area contributed by atoms with Crippen molar-refractivity contribution in [1.82, 2.24) is 14.4 Å². The Kier molecular flexibility index (Phi) is 6.24. The molecule has 0 saturated heterocycles. The smallest absolute Gasteiger partial charge is 0.433 e. The van der Waals surface area contributed by atoms with E-state index in [2.05, 4.69) is 29.1 Å². The number of hydrazine groups is 1. The Morgan fingerprint density at radius 2 is 1.73 bits per heavy atom. The number of rotatable bonds is 6. The molecule has 2 aromatic carbocycles. The summed E-state index contributed by atoms with van der Waals surface area (Å²) in [5.41, 5.74) is 6.42. The summed E-state index contributed by atoms with van der Waals surface area (Å²) in [5.74, 6) is 0.254. The summed E-state index contributed by atoms with van der Waals surface area (Å²) in [7, 11) is 0. The number of aromatic nitrogens is 2. The second-order valence-corrected chi connectivity index (χ2v) is 8.45. The van der Waals surface area contributed by atoms with Crippen molar-refractivity contribution in [3.63, 3.8) is 0 Å². The van der Waals surface area contributed by atoms with E-state index < -0.39 is 23.1 Å². The van der Waals surface area contributed by atoms with Crippen LogP contribution in [0.2, 0.25) is 0 Å². The number of halogens is 3. The standard InChI is InChI=1S/C23H21F3N4O2S/c1-14(2)20-13-30(18-7-5-17(6-8-18)28-29-33(31)32)21-11-15(3-9-19(20)21)16-4-10-22(27-12-16)23(24,25)26/h3-14,28-29H,1-2H3,(H,31,32)/p-1. The molecule has 33 heavy (non-hydrogen) atoms. The third-order valence-corrected chi connectivity index (χ3v) is 5.54. The van der Waals surface area contributed by atoms with Gasteiger partial charge in [0.15, 0.2) is 0 Å². The molecule has 0 saturated carbocycles. The molecule has 4 rings (SSSR count). The van der Waals surface area contributed by atoms with Gasteiger partial charge in [-0.2, -0.15) is 18.0 Å². The van der Waals surface area contributed by atoms with E-state index in [1.54, 1.807) is 12.1 Å². The van der Waals surface area contributed by atoms with Gasteiger partial charge in [0.25, 0.3) is 0 Å². The molecule has 0 radical (unpaired) electrons. The lowest BCUT2D eigenvalue weighted by atomic mass is 10.00. The highest BCUT2D eigenvalue weighted by molar-refractivity contribution is 7.77. The number of fused-ring (bicyclic) bond motifs is 1. The van der Waals surface area contributed by atoms with E-state index >= 15 is 0 Å². The van der Waals surface area contributed by atoms with Gasteiger partial charge in [-0.1, -0.05) is 32.0 Å². The van der Waals surface area contributed by atoms with Crippen LogP contribution < -0.4 is 10.3 Å². The number of nitrogens with one attached hydrogen (secondary N) is 2. The summed E-state index contributed by atoms with van der Waals surface area (Å²) in [4.78, 5) is 5.66. The van der Waals surface area contributed by atoms with Crippen LogP contribution in [-0.4, -0.2) is 18.3 Å². The Morgan fingerprint density at radius 3 is 2.30 bits per heavy atom. The number of hydrogen-bond acceptors (Lipinski definition) is 4. The predicted octanol–water partition coefficient (Wildman–Crippen LogP) is 5.55. The van der Waals surface area contributed by atoms with E-state index in [1.165, 1.54) is 12.3 Å². The fourth-order valence-corrected chi connectivity index (χ4v) is 3.85. The molecule has 1 atom stereocenters. The molecule has 4 aromatic rings. The van der Waals surface area contributed by atoms with Crippen LogP contribution in [0.5, 0.6) is 0 Å². The SMILES string of the molecule is CC(C)c1cn(-c2ccc(NNS(=O)[O-])cc2)c2cc(-c3ccc(C(F)(F)F)nc3)ccc12. The zero-order chi connectivity index (χ0) is 23.8. The molecule has 10 heteroatoms. The van der Waals surface area contributed by atoms with Crippen molar-refractivity contribution in [2.45, 2.75) is 25.9 Å². The molecule has 172 valence electrons. The van der Waals surface area contributed by atoms with E-state index in [4.69, 9.17) is 0 Å². The van der Waals surface area contributed by atoms with Crippen molar-refractivity contribution in [3.8, 4) is 16.8 Å². The van der Waals surface area contributed by atoms with Crippen molar-refractivity contribution in [2.24, 2.45) is 0 Å². The summed E-state index contributed by atoms with van der Waals surface area (Å²) >= 11 is -2.44. The molecule has 0 fully saturated rings. The predicted molar refractivity (Wildman–Crippen MR) is 121 cm³/mol. The molecule has 0 bridgehead atoms. The monoisotopic (exact) mass is 473 g/mol. The Labute approximate surface area is 190 Å². The quantitative estimate of drug-likeness (QED) is 0.284. The minimum Gasteiger partial charge on any atom is -0.759 e. The van der Waals surface area contributed by atoms with Crippen LogP contribution in [0.4, 0.5) is 18.9 Å². The molecule has 6 nitrogen and oxygen atoms in total. The van der Waals surface area contributed by atoms with E-state index in [1.807, 2.05) is 41.1 Å². The molecule has 1 unspecified atom stereocenters. The molecule has 0 amide bonds. The van der Waals surface area contributed by atoms with Crippen molar-refractivity contribution in [1.29, 1.82) is 0 Å². The fraction of sp³-hybridized carbons (Fsp3) is 0.174. The molecular weight excluding hydrogens is 453 g/mol. The molecular formula is C23H20F3N4O2S-. The van der Waals surface area contributed by atoms with E-state index in [0.717, 1.165) is 33.8 Å². The first kappa shape index (κ1) is 23.0. The molecule has 0 aliphatic heterocycles. The second-order valence-electron chi connectivity index (χ2n) is 7.78. The van der Waals surface area contributed by atoms with E-state index in [9.17, 15) is 21.9 Å². The maximum Gasteiger partial charge on any atom is 0.433 e. The number of anilines is 1. The first-order valence-corrected chi connectivity index (χ1v) is 11.1. The fourth-order valence-electron chi connectivity index (χ4n) is 3.64.